The Kier molecular flexibility index (Phi) is 6.18. The molecule has 1 atom stereocenters. The van der Waals surface area contributed by atoms with Crippen LogP contribution in [0.2, 0.25) is 5.02 Å². The van der Waals surface area contributed by atoms with Crippen molar-refractivity contribution in [1.82, 2.24) is 0 Å². The van der Waals surface area contributed by atoms with Crippen molar-refractivity contribution in [2.75, 3.05) is 0 Å². The van der Waals surface area contributed by atoms with E-state index in [2.05, 4.69) is 13.8 Å². The van der Waals surface area contributed by atoms with Crippen molar-refractivity contribution in [3.8, 4) is 0 Å². The molecule has 0 aliphatic rings. The minimum Gasteiger partial charge on any atom is -0.324 e. The van der Waals surface area contributed by atoms with Gasteiger partial charge in [0.1, 0.15) is 5.82 Å². The number of hydrogen-bond acceptors (Lipinski definition) is 1. The van der Waals surface area contributed by atoms with Gasteiger partial charge in [0, 0.05) is 11.1 Å². The number of nitrogens with two attached hydrogens (primary N) is 1. The fourth-order valence-electron chi connectivity index (χ4n) is 1.43. The van der Waals surface area contributed by atoms with Crippen LogP contribution in [0.15, 0.2) is 18.2 Å². The van der Waals surface area contributed by atoms with Crippen molar-refractivity contribution < 1.29 is 4.39 Å². The van der Waals surface area contributed by atoms with E-state index in [4.69, 9.17) is 17.3 Å². The molecule has 1 nitrogen and oxygen atoms in total. The van der Waals surface area contributed by atoms with E-state index in [-0.39, 0.29) is 24.3 Å². The predicted molar refractivity (Wildman–Crippen MR) is 65.0 cm³/mol. The fraction of sp³-hybridized carbons (Fsp3) is 0.455. The Morgan fingerprint density at radius 1 is 1.33 bits per heavy atom. The third kappa shape index (κ3) is 4.83. The zero-order valence-electron chi connectivity index (χ0n) is 8.84. The minimum atomic E-state index is -0.327. The summed E-state index contributed by atoms with van der Waals surface area (Å²) in [5.74, 6) is 0.166. The van der Waals surface area contributed by atoms with Crippen LogP contribution in [0.1, 0.15) is 31.9 Å². The molecule has 4 heteroatoms. The van der Waals surface area contributed by atoms with Gasteiger partial charge in [-0.2, -0.15) is 0 Å². The van der Waals surface area contributed by atoms with E-state index in [1.54, 1.807) is 6.07 Å². The van der Waals surface area contributed by atoms with E-state index in [0.29, 0.717) is 10.9 Å². The predicted octanol–water partition coefficient (Wildman–Crippen LogP) is 3.95. The van der Waals surface area contributed by atoms with Gasteiger partial charge in [-0.15, -0.1) is 12.4 Å². The smallest absolute Gasteiger partial charge is 0.125 e. The summed E-state index contributed by atoms with van der Waals surface area (Å²) in [4.78, 5) is 0. The molecule has 2 N–H and O–H groups in total. The number of benzene rings is 1. The van der Waals surface area contributed by atoms with Crippen molar-refractivity contribution >= 4 is 24.0 Å². The van der Waals surface area contributed by atoms with Gasteiger partial charge in [0.2, 0.25) is 0 Å². The van der Waals surface area contributed by atoms with E-state index in [0.717, 1.165) is 12.0 Å². The second kappa shape index (κ2) is 6.31. The number of hydrogen-bond donors (Lipinski definition) is 1. The molecule has 0 aliphatic carbocycles. The summed E-state index contributed by atoms with van der Waals surface area (Å²) in [7, 11) is 0. The average molecular weight is 252 g/mol. The topological polar surface area (TPSA) is 26.0 Å². The van der Waals surface area contributed by atoms with Crippen LogP contribution in [0.3, 0.4) is 0 Å². The minimum absolute atomic E-state index is 0. The fourth-order valence-corrected chi connectivity index (χ4v) is 1.66. The van der Waals surface area contributed by atoms with Crippen molar-refractivity contribution in [2.24, 2.45) is 11.7 Å². The van der Waals surface area contributed by atoms with Gasteiger partial charge in [0.15, 0.2) is 0 Å². The Morgan fingerprint density at radius 3 is 2.40 bits per heavy atom. The van der Waals surface area contributed by atoms with E-state index in [1.165, 1.54) is 12.1 Å². The van der Waals surface area contributed by atoms with Gasteiger partial charge in [0.05, 0.1) is 0 Å². The monoisotopic (exact) mass is 251 g/mol. The van der Waals surface area contributed by atoms with Crippen molar-refractivity contribution in [3.63, 3.8) is 0 Å². The summed E-state index contributed by atoms with van der Waals surface area (Å²) >= 11 is 5.74. The lowest BCUT2D eigenvalue weighted by molar-refractivity contribution is 0.507. The molecular formula is C11H16Cl2FN. The lowest BCUT2D eigenvalue weighted by Gasteiger charge is -2.14. The molecular weight excluding hydrogens is 236 g/mol. The molecule has 0 heterocycles. The SMILES string of the molecule is CC(C)C[C@@H](N)c1cc(F)cc(Cl)c1.Cl. The molecule has 0 aromatic heterocycles. The van der Waals surface area contributed by atoms with Gasteiger partial charge in [-0.25, -0.2) is 4.39 Å². The first-order valence-electron chi connectivity index (χ1n) is 4.70. The molecule has 0 saturated carbocycles. The first kappa shape index (κ1) is 14.7. The van der Waals surface area contributed by atoms with Crippen LogP contribution >= 0.6 is 24.0 Å². The van der Waals surface area contributed by atoms with E-state index in [1.807, 2.05) is 0 Å². The summed E-state index contributed by atoms with van der Waals surface area (Å²) in [6.45, 7) is 4.17. The van der Waals surface area contributed by atoms with Gasteiger partial charge in [-0.1, -0.05) is 25.4 Å². The van der Waals surface area contributed by atoms with Crippen LogP contribution in [0.5, 0.6) is 0 Å². The van der Waals surface area contributed by atoms with Gasteiger partial charge in [-0.3, -0.25) is 0 Å². The van der Waals surface area contributed by atoms with Crippen molar-refractivity contribution in [1.29, 1.82) is 0 Å². The Labute approximate surface area is 101 Å². The molecule has 0 unspecified atom stereocenters. The lowest BCUT2D eigenvalue weighted by atomic mass is 9.98. The van der Waals surface area contributed by atoms with Gasteiger partial charge < -0.3 is 5.73 Å². The Bertz CT molecular complexity index is 295. The third-order valence-corrected chi connectivity index (χ3v) is 2.26. The second-order valence-corrected chi connectivity index (χ2v) is 4.38. The maximum atomic E-state index is 13.0. The van der Waals surface area contributed by atoms with Crippen LogP contribution in [0, 0.1) is 11.7 Å². The average Bonchev–Trinajstić information content (AvgIpc) is 2.00. The first-order chi connectivity index (χ1) is 6.49. The zero-order chi connectivity index (χ0) is 10.7. The molecule has 1 rings (SSSR count). The van der Waals surface area contributed by atoms with E-state index in [9.17, 15) is 4.39 Å². The Hall–Kier alpha value is -0.310. The van der Waals surface area contributed by atoms with Crippen LogP contribution in [0.4, 0.5) is 4.39 Å². The summed E-state index contributed by atoms with van der Waals surface area (Å²) in [6.07, 6.45) is 0.833. The maximum absolute atomic E-state index is 13.0. The van der Waals surface area contributed by atoms with Crippen molar-refractivity contribution in [2.45, 2.75) is 26.3 Å². The maximum Gasteiger partial charge on any atom is 0.125 e. The lowest BCUT2D eigenvalue weighted by Crippen LogP contribution is -2.13. The van der Waals surface area contributed by atoms with Gasteiger partial charge in [-0.05, 0) is 36.1 Å². The first-order valence-corrected chi connectivity index (χ1v) is 5.08. The highest BCUT2D eigenvalue weighted by molar-refractivity contribution is 6.30. The van der Waals surface area contributed by atoms with Gasteiger partial charge >= 0.3 is 0 Å². The van der Waals surface area contributed by atoms with Crippen molar-refractivity contribution in [3.05, 3.63) is 34.6 Å². The molecule has 1 aromatic rings. The molecule has 1 aromatic carbocycles. The molecule has 86 valence electrons. The van der Waals surface area contributed by atoms with Crippen LogP contribution in [0.25, 0.3) is 0 Å². The summed E-state index contributed by atoms with van der Waals surface area (Å²) in [5, 5.41) is 0.402. The molecule has 0 bridgehead atoms. The molecule has 0 spiro atoms. The Balaban J connectivity index is 0.00000196. The Morgan fingerprint density at radius 2 is 1.93 bits per heavy atom. The van der Waals surface area contributed by atoms with Crippen LogP contribution in [-0.2, 0) is 0 Å². The highest BCUT2D eigenvalue weighted by Crippen LogP contribution is 2.22. The number of halogens is 3. The molecule has 0 radical (unpaired) electrons. The molecule has 0 saturated heterocycles. The van der Waals surface area contributed by atoms with Crippen LogP contribution < -0.4 is 5.73 Å². The van der Waals surface area contributed by atoms with Gasteiger partial charge in [0.25, 0.3) is 0 Å². The zero-order valence-corrected chi connectivity index (χ0v) is 10.4. The quantitative estimate of drug-likeness (QED) is 0.866. The molecule has 15 heavy (non-hydrogen) atoms. The number of rotatable bonds is 3. The largest absolute Gasteiger partial charge is 0.324 e. The molecule has 0 aliphatic heterocycles. The standard InChI is InChI=1S/C11H15ClFN.ClH/c1-7(2)3-11(14)8-4-9(12)6-10(13)5-8;/h4-7,11H,3,14H2,1-2H3;1H/t11-;/m1./s1. The highest BCUT2D eigenvalue weighted by Gasteiger charge is 2.10. The van der Waals surface area contributed by atoms with Crippen LogP contribution in [-0.4, -0.2) is 0 Å². The van der Waals surface area contributed by atoms with E-state index < -0.39 is 0 Å². The summed E-state index contributed by atoms with van der Waals surface area (Å²) < 4.78 is 13.0. The highest BCUT2D eigenvalue weighted by atomic mass is 35.5. The molecule has 0 fully saturated rings. The summed E-state index contributed by atoms with van der Waals surface area (Å²) in [6, 6.07) is 4.31. The summed E-state index contributed by atoms with van der Waals surface area (Å²) in [5.41, 5.74) is 6.68. The second-order valence-electron chi connectivity index (χ2n) is 3.94. The molecule has 0 amide bonds. The normalized spacial score (nSPS) is 12.4. The third-order valence-electron chi connectivity index (χ3n) is 2.04. The van der Waals surface area contributed by atoms with E-state index >= 15 is 0 Å².